The van der Waals surface area contributed by atoms with E-state index in [1.165, 1.54) is 6.07 Å². The molecule has 0 unspecified atom stereocenters. The van der Waals surface area contributed by atoms with E-state index in [1.807, 2.05) is 0 Å². The van der Waals surface area contributed by atoms with Crippen LogP contribution in [0.15, 0.2) is 30.4 Å². The van der Waals surface area contributed by atoms with E-state index in [0.717, 1.165) is 18.4 Å². The molecule has 0 radical (unpaired) electrons. The standard InChI is InChI=1S/C15H19F2NO2/c1-2-19-14-9-11(7-8-13(14)20-15(16)17)10-18-12-5-3-4-6-12/h3-4,7-9,12,15,18H,2,5-6,10H2,1H3. The van der Waals surface area contributed by atoms with Gasteiger partial charge in [-0.15, -0.1) is 0 Å². The molecule has 1 aliphatic carbocycles. The fraction of sp³-hybridized carbons (Fsp3) is 0.467. The molecule has 1 aliphatic rings. The maximum Gasteiger partial charge on any atom is 0.387 e. The topological polar surface area (TPSA) is 30.5 Å². The SMILES string of the molecule is CCOc1cc(CNC2CC=CC2)ccc1OC(F)F. The van der Waals surface area contributed by atoms with Crippen molar-refractivity contribution in [3.8, 4) is 11.5 Å². The van der Waals surface area contributed by atoms with Crippen molar-refractivity contribution in [2.24, 2.45) is 0 Å². The summed E-state index contributed by atoms with van der Waals surface area (Å²) in [6, 6.07) is 5.51. The summed E-state index contributed by atoms with van der Waals surface area (Å²) in [5.41, 5.74) is 0.988. The van der Waals surface area contributed by atoms with Gasteiger partial charge in [0.25, 0.3) is 0 Å². The second-order valence-electron chi connectivity index (χ2n) is 4.61. The number of alkyl halides is 2. The third kappa shape index (κ3) is 4.20. The number of benzene rings is 1. The molecular weight excluding hydrogens is 264 g/mol. The predicted octanol–water partition coefficient (Wildman–Crippen LogP) is 3.49. The van der Waals surface area contributed by atoms with Crippen molar-refractivity contribution in [3.05, 3.63) is 35.9 Å². The average Bonchev–Trinajstić information content (AvgIpc) is 2.92. The van der Waals surface area contributed by atoms with Gasteiger partial charge in [0.2, 0.25) is 0 Å². The Morgan fingerprint density at radius 2 is 2.00 bits per heavy atom. The third-order valence-electron chi connectivity index (χ3n) is 3.13. The van der Waals surface area contributed by atoms with Crippen LogP contribution in [0, 0.1) is 0 Å². The zero-order valence-electron chi connectivity index (χ0n) is 11.4. The van der Waals surface area contributed by atoms with Crippen molar-refractivity contribution in [2.45, 2.75) is 39.0 Å². The van der Waals surface area contributed by atoms with Crippen LogP contribution in [-0.4, -0.2) is 19.3 Å². The number of hydrogen-bond donors (Lipinski definition) is 1. The van der Waals surface area contributed by atoms with Crippen molar-refractivity contribution in [1.29, 1.82) is 0 Å². The van der Waals surface area contributed by atoms with E-state index in [0.29, 0.717) is 24.9 Å². The first-order chi connectivity index (χ1) is 9.69. The summed E-state index contributed by atoms with van der Waals surface area (Å²) in [7, 11) is 0. The van der Waals surface area contributed by atoms with E-state index in [-0.39, 0.29) is 5.75 Å². The summed E-state index contributed by atoms with van der Waals surface area (Å²) in [4.78, 5) is 0. The number of ether oxygens (including phenoxy) is 2. The van der Waals surface area contributed by atoms with Gasteiger partial charge in [0.15, 0.2) is 11.5 Å². The molecule has 0 fully saturated rings. The molecule has 0 aliphatic heterocycles. The lowest BCUT2D eigenvalue weighted by molar-refractivity contribution is -0.0514. The second-order valence-corrected chi connectivity index (χ2v) is 4.61. The van der Waals surface area contributed by atoms with Gasteiger partial charge in [0, 0.05) is 12.6 Å². The Kier molecular flexibility index (Phi) is 5.35. The Labute approximate surface area is 117 Å². The molecule has 0 atom stereocenters. The highest BCUT2D eigenvalue weighted by molar-refractivity contribution is 5.43. The molecule has 0 saturated carbocycles. The highest BCUT2D eigenvalue weighted by Crippen LogP contribution is 2.30. The van der Waals surface area contributed by atoms with Crippen LogP contribution in [0.4, 0.5) is 8.78 Å². The van der Waals surface area contributed by atoms with Gasteiger partial charge in [0.05, 0.1) is 6.61 Å². The molecule has 110 valence electrons. The molecule has 0 bridgehead atoms. The van der Waals surface area contributed by atoms with Crippen LogP contribution in [0.3, 0.4) is 0 Å². The van der Waals surface area contributed by atoms with Crippen molar-refractivity contribution < 1.29 is 18.3 Å². The lowest BCUT2D eigenvalue weighted by Gasteiger charge is -2.15. The van der Waals surface area contributed by atoms with Crippen LogP contribution in [-0.2, 0) is 6.54 Å². The van der Waals surface area contributed by atoms with Crippen LogP contribution in [0.1, 0.15) is 25.3 Å². The first-order valence-electron chi connectivity index (χ1n) is 6.78. The predicted molar refractivity (Wildman–Crippen MR) is 73.2 cm³/mol. The minimum Gasteiger partial charge on any atom is -0.490 e. The van der Waals surface area contributed by atoms with Gasteiger partial charge >= 0.3 is 6.61 Å². The van der Waals surface area contributed by atoms with E-state index >= 15 is 0 Å². The molecule has 2 rings (SSSR count). The molecule has 1 N–H and O–H groups in total. The lowest BCUT2D eigenvalue weighted by atomic mass is 10.1. The Hall–Kier alpha value is -1.62. The van der Waals surface area contributed by atoms with E-state index in [9.17, 15) is 8.78 Å². The molecular formula is C15H19F2NO2. The molecule has 0 saturated heterocycles. The Morgan fingerprint density at radius 3 is 2.65 bits per heavy atom. The molecule has 0 spiro atoms. The van der Waals surface area contributed by atoms with Gasteiger partial charge in [-0.3, -0.25) is 0 Å². The number of halogens is 2. The molecule has 0 aromatic heterocycles. The van der Waals surface area contributed by atoms with Gasteiger partial charge in [0.1, 0.15) is 0 Å². The van der Waals surface area contributed by atoms with E-state index in [1.54, 1.807) is 19.1 Å². The van der Waals surface area contributed by atoms with E-state index < -0.39 is 6.61 Å². The normalized spacial score (nSPS) is 15.0. The van der Waals surface area contributed by atoms with E-state index in [2.05, 4.69) is 22.2 Å². The fourth-order valence-corrected chi connectivity index (χ4v) is 2.17. The summed E-state index contributed by atoms with van der Waals surface area (Å²) in [6.07, 6.45) is 6.38. The van der Waals surface area contributed by atoms with Gasteiger partial charge in [-0.2, -0.15) is 8.78 Å². The summed E-state index contributed by atoms with van der Waals surface area (Å²) >= 11 is 0. The van der Waals surface area contributed by atoms with Crippen LogP contribution in [0.2, 0.25) is 0 Å². The van der Waals surface area contributed by atoms with Gasteiger partial charge < -0.3 is 14.8 Å². The molecule has 0 amide bonds. The molecule has 5 heteroatoms. The number of nitrogens with one attached hydrogen (secondary N) is 1. The summed E-state index contributed by atoms with van der Waals surface area (Å²) < 4.78 is 34.4. The first-order valence-corrected chi connectivity index (χ1v) is 6.78. The second kappa shape index (κ2) is 7.24. The van der Waals surface area contributed by atoms with Crippen LogP contribution in [0.5, 0.6) is 11.5 Å². The zero-order valence-corrected chi connectivity index (χ0v) is 11.4. The minimum atomic E-state index is -2.84. The Morgan fingerprint density at radius 1 is 1.25 bits per heavy atom. The summed E-state index contributed by atoms with van der Waals surface area (Å²) in [5, 5.41) is 3.42. The van der Waals surface area contributed by atoms with Crippen molar-refractivity contribution in [3.63, 3.8) is 0 Å². The summed E-state index contributed by atoms with van der Waals surface area (Å²) in [5.74, 6) is 0.435. The quantitative estimate of drug-likeness (QED) is 0.777. The maximum absolute atomic E-state index is 12.3. The average molecular weight is 283 g/mol. The molecule has 1 aromatic rings. The summed E-state index contributed by atoms with van der Waals surface area (Å²) in [6.45, 7) is 0.0498. The largest absolute Gasteiger partial charge is 0.490 e. The highest BCUT2D eigenvalue weighted by atomic mass is 19.3. The number of rotatable bonds is 7. The smallest absolute Gasteiger partial charge is 0.387 e. The van der Waals surface area contributed by atoms with Gasteiger partial charge in [-0.05, 0) is 37.5 Å². The maximum atomic E-state index is 12.3. The lowest BCUT2D eigenvalue weighted by Crippen LogP contribution is -2.25. The Bertz CT molecular complexity index is 455. The molecule has 0 heterocycles. The minimum absolute atomic E-state index is 0.0770. The van der Waals surface area contributed by atoms with Crippen molar-refractivity contribution >= 4 is 0 Å². The monoisotopic (exact) mass is 283 g/mol. The van der Waals surface area contributed by atoms with Crippen LogP contribution in [0.25, 0.3) is 0 Å². The zero-order chi connectivity index (χ0) is 14.4. The fourth-order valence-electron chi connectivity index (χ4n) is 2.17. The third-order valence-corrected chi connectivity index (χ3v) is 3.13. The number of hydrogen-bond acceptors (Lipinski definition) is 3. The molecule has 3 nitrogen and oxygen atoms in total. The highest BCUT2D eigenvalue weighted by Gasteiger charge is 2.13. The van der Waals surface area contributed by atoms with Gasteiger partial charge in [-0.1, -0.05) is 18.2 Å². The Balaban J connectivity index is 2.00. The molecule has 20 heavy (non-hydrogen) atoms. The van der Waals surface area contributed by atoms with E-state index in [4.69, 9.17) is 4.74 Å². The van der Waals surface area contributed by atoms with Crippen molar-refractivity contribution in [1.82, 2.24) is 5.32 Å². The van der Waals surface area contributed by atoms with Crippen LogP contribution < -0.4 is 14.8 Å². The van der Waals surface area contributed by atoms with Crippen LogP contribution >= 0.6 is 0 Å². The van der Waals surface area contributed by atoms with Gasteiger partial charge in [-0.25, -0.2) is 0 Å². The first kappa shape index (κ1) is 14.8. The van der Waals surface area contributed by atoms with Crippen molar-refractivity contribution in [2.75, 3.05) is 6.61 Å². The molecule has 1 aromatic carbocycles.